The number of nitrogens with zero attached hydrogens (tertiary/aromatic N) is 4. The van der Waals surface area contributed by atoms with Crippen molar-refractivity contribution in [3.05, 3.63) is 70.8 Å². The van der Waals surface area contributed by atoms with Crippen LogP contribution in [-0.4, -0.2) is 64.9 Å². The second-order valence-corrected chi connectivity index (χ2v) is 13.5. The highest BCUT2D eigenvalue weighted by Crippen LogP contribution is 2.45. The van der Waals surface area contributed by atoms with E-state index in [0.717, 1.165) is 60.6 Å². The van der Waals surface area contributed by atoms with Gasteiger partial charge in [0.1, 0.15) is 17.6 Å². The fourth-order valence-electron chi connectivity index (χ4n) is 6.72. The lowest BCUT2D eigenvalue weighted by molar-refractivity contribution is 0.0606. The Morgan fingerprint density at radius 1 is 1.13 bits per heavy atom. The summed E-state index contributed by atoms with van der Waals surface area (Å²) in [5, 5.41) is 2.01. The van der Waals surface area contributed by atoms with E-state index in [-0.39, 0.29) is 30.8 Å². The van der Waals surface area contributed by atoms with E-state index >= 15 is 0 Å². The lowest BCUT2D eigenvalue weighted by Crippen LogP contribution is -2.50. The number of aryl methyl sites for hydroxylation is 1. The SMILES string of the molecule is COc1cc(C(=O)N2C[C@H](N)C[C@@H](F)C2)cc2sc(-c3cc4ccc(-c5ccc6c(c5)C(=O)N=C6)nc4n3CC3CC3)c(C)c12. The number of ether oxygens (including phenoxy) is 1. The number of aliphatic imine (C=N–C) groups is 1. The monoisotopic (exact) mass is 621 g/mol. The van der Waals surface area contributed by atoms with Crippen molar-refractivity contribution in [2.75, 3.05) is 20.2 Å². The summed E-state index contributed by atoms with van der Waals surface area (Å²) in [4.78, 5) is 37.4. The third kappa shape index (κ3) is 4.83. The highest BCUT2D eigenvalue weighted by atomic mass is 32.1. The zero-order valence-corrected chi connectivity index (χ0v) is 25.9. The number of carbonyl (C=O) groups is 2. The van der Waals surface area contributed by atoms with Gasteiger partial charge in [-0.05, 0) is 74.1 Å². The molecule has 0 radical (unpaired) electrons. The number of hydrogen-bond acceptors (Lipinski definition) is 6. The van der Waals surface area contributed by atoms with Crippen LogP contribution in [-0.2, 0) is 6.54 Å². The van der Waals surface area contributed by atoms with Crippen LogP contribution >= 0.6 is 11.3 Å². The summed E-state index contributed by atoms with van der Waals surface area (Å²) in [6.07, 6.45) is 3.13. The summed E-state index contributed by atoms with van der Waals surface area (Å²) < 4.78 is 23.4. The molecule has 2 atom stereocenters. The highest BCUT2D eigenvalue weighted by Gasteiger charge is 2.30. The average Bonchev–Trinajstić information content (AvgIpc) is 3.56. The molecular formula is C35H32FN5O3S. The van der Waals surface area contributed by atoms with Crippen molar-refractivity contribution < 1.29 is 18.7 Å². The molecule has 3 aliphatic rings. The number of benzene rings is 2. The van der Waals surface area contributed by atoms with E-state index in [0.29, 0.717) is 29.3 Å². The number of halogens is 1. The Kier molecular flexibility index (Phi) is 6.61. The zero-order chi connectivity index (χ0) is 31.0. The Morgan fingerprint density at radius 2 is 1.98 bits per heavy atom. The van der Waals surface area contributed by atoms with Gasteiger partial charge in [-0.1, -0.05) is 12.1 Å². The number of likely N-dealkylation sites (tertiary alicyclic amines) is 1. The lowest BCUT2D eigenvalue weighted by Gasteiger charge is -2.33. The van der Waals surface area contributed by atoms with Gasteiger partial charge in [0, 0.05) is 57.5 Å². The fourth-order valence-corrected chi connectivity index (χ4v) is 8.01. The first kappa shape index (κ1) is 28.1. The molecule has 1 saturated carbocycles. The first-order valence-corrected chi connectivity index (χ1v) is 16.1. The molecular weight excluding hydrogens is 589 g/mol. The lowest BCUT2D eigenvalue weighted by atomic mass is 10.0. The van der Waals surface area contributed by atoms with Crippen LogP contribution in [0.25, 0.3) is 42.9 Å². The highest BCUT2D eigenvalue weighted by molar-refractivity contribution is 7.22. The smallest absolute Gasteiger partial charge is 0.277 e. The van der Waals surface area contributed by atoms with E-state index in [4.69, 9.17) is 15.5 Å². The molecule has 1 saturated heterocycles. The van der Waals surface area contributed by atoms with Gasteiger partial charge in [0.2, 0.25) is 0 Å². The Bertz CT molecular complexity index is 2070. The Labute approximate surface area is 263 Å². The van der Waals surface area contributed by atoms with Crippen LogP contribution in [0.15, 0.2) is 53.5 Å². The molecule has 10 heteroatoms. The van der Waals surface area contributed by atoms with Gasteiger partial charge in [-0.25, -0.2) is 14.4 Å². The maximum absolute atomic E-state index is 14.3. The van der Waals surface area contributed by atoms with Crippen LogP contribution in [0, 0.1) is 12.8 Å². The van der Waals surface area contributed by atoms with E-state index in [9.17, 15) is 14.0 Å². The van der Waals surface area contributed by atoms with Crippen LogP contribution in [0.2, 0.25) is 0 Å². The number of amides is 2. The van der Waals surface area contributed by atoms with E-state index < -0.39 is 6.17 Å². The topological polar surface area (TPSA) is 103 Å². The summed E-state index contributed by atoms with van der Waals surface area (Å²) in [5.74, 6) is 0.761. The third-order valence-electron chi connectivity index (χ3n) is 9.19. The number of methoxy groups -OCH3 is 1. The predicted molar refractivity (Wildman–Crippen MR) is 175 cm³/mol. The maximum Gasteiger partial charge on any atom is 0.277 e. The number of pyridine rings is 1. The molecule has 228 valence electrons. The van der Waals surface area contributed by atoms with Crippen LogP contribution in [0.4, 0.5) is 4.39 Å². The van der Waals surface area contributed by atoms with Gasteiger partial charge in [0.05, 0.1) is 35.5 Å². The number of nitrogens with two attached hydrogens (primary N) is 1. The van der Waals surface area contributed by atoms with Crippen LogP contribution < -0.4 is 10.5 Å². The van der Waals surface area contributed by atoms with Crippen LogP contribution in [0.3, 0.4) is 0 Å². The third-order valence-corrected chi connectivity index (χ3v) is 10.5. The summed E-state index contributed by atoms with van der Waals surface area (Å²) >= 11 is 1.63. The molecule has 8 nitrogen and oxygen atoms in total. The Hall–Kier alpha value is -4.41. The van der Waals surface area contributed by atoms with Crippen molar-refractivity contribution in [2.45, 2.75) is 44.9 Å². The fraction of sp³-hybridized carbons (Fsp3) is 0.314. The zero-order valence-electron chi connectivity index (χ0n) is 25.0. The maximum atomic E-state index is 14.3. The molecule has 0 bridgehead atoms. The van der Waals surface area contributed by atoms with Gasteiger partial charge >= 0.3 is 0 Å². The van der Waals surface area contributed by atoms with Crippen molar-refractivity contribution in [1.29, 1.82) is 0 Å². The number of thiophene rings is 1. The Morgan fingerprint density at radius 3 is 2.76 bits per heavy atom. The molecule has 5 heterocycles. The molecule has 2 N–H and O–H groups in total. The van der Waals surface area contributed by atoms with Gasteiger partial charge in [-0.2, -0.15) is 0 Å². The molecule has 2 aliphatic heterocycles. The number of fused-ring (bicyclic) bond motifs is 3. The number of carbonyl (C=O) groups excluding carboxylic acids is 2. The van der Waals surface area contributed by atoms with Gasteiger partial charge in [-0.3, -0.25) is 9.59 Å². The minimum absolute atomic E-state index is 0.0490. The summed E-state index contributed by atoms with van der Waals surface area (Å²) in [6.45, 7) is 3.34. The van der Waals surface area contributed by atoms with Crippen LogP contribution in [0.5, 0.6) is 5.75 Å². The van der Waals surface area contributed by atoms with E-state index in [1.165, 1.54) is 17.7 Å². The first-order valence-electron chi connectivity index (χ1n) is 15.3. The minimum atomic E-state index is -1.12. The van der Waals surface area contributed by atoms with Crippen molar-refractivity contribution >= 4 is 50.5 Å². The number of rotatable bonds is 6. The number of hydrogen-bond donors (Lipinski definition) is 1. The molecule has 2 fully saturated rings. The number of aromatic nitrogens is 2. The normalized spacial score (nSPS) is 19.6. The molecule has 5 aromatic rings. The molecule has 1 aliphatic carbocycles. The first-order chi connectivity index (χ1) is 21.8. The van der Waals surface area contributed by atoms with Gasteiger partial charge in [0.25, 0.3) is 11.8 Å². The second kappa shape index (κ2) is 10.6. The van der Waals surface area contributed by atoms with Crippen molar-refractivity contribution in [3.63, 3.8) is 0 Å². The molecule has 2 amide bonds. The van der Waals surface area contributed by atoms with Crippen molar-refractivity contribution in [3.8, 4) is 27.6 Å². The van der Waals surface area contributed by atoms with Crippen LogP contribution in [0.1, 0.15) is 51.1 Å². The summed E-state index contributed by atoms with van der Waals surface area (Å²) in [5.41, 5.74) is 12.7. The largest absolute Gasteiger partial charge is 0.496 e. The minimum Gasteiger partial charge on any atom is -0.496 e. The van der Waals surface area contributed by atoms with Gasteiger partial charge < -0.3 is 19.9 Å². The average molecular weight is 622 g/mol. The van der Waals surface area contributed by atoms with E-state index in [1.54, 1.807) is 30.7 Å². The van der Waals surface area contributed by atoms with E-state index in [1.807, 2.05) is 30.3 Å². The molecule has 8 rings (SSSR count). The van der Waals surface area contributed by atoms with Crippen molar-refractivity contribution in [1.82, 2.24) is 14.5 Å². The van der Waals surface area contributed by atoms with Gasteiger partial charge in [-0.15, -0.1) is 11.3 Å². The number of piperidine rings is 1. The van der Waals surface area contributed by atoms with Gasteiger partial charge in [0.15, 0.2) is 0 Å². The molecule has 0 unspecified atom stereocenters. The summed E-state index contributed by atoms with van der Waals surface area (Å²) in [6, 6.07) is 15.4. The predicted octanol–water partition coefficient (Wildman–Crippen LogP) is 6.40. The standard InChI is InChI=1S/C35H32FN5O3S/c1-18-31-29(44-2)11-23(35(43)40-16-24(36)13-25(37)17-40)12-30(31)45-32(18)28-10-21-7-8-27(39-33(21)41(28)15-19-3-4-19)20-5-6-22-14-38-34(42)26(22)9-20/h5-12,14,19,24-25H,3-4,13,15-17,37H2,1-2H3/t24-,25-/m1/s1. The summed E-state index contributed by atoms with van der Waals surface area (Å²) in [7, 11) is 1.61. The molecule has 45 heavy (non-hydrogen) atoms. The number of alkyl halides is 1. The Balaban J connectivity index is 1.23. The molecule has 2 aromatic carbocycles. The van der Waals surface area contributed by atoms with Crippen molar-refractivity contribution in [2.24, 2.45) is 16.6 Å². The molecule has 3 aromatic heterocycles. The quantitative estimate of drug-likeness (QED) is 0.237. The second-order valence-electron chi connectivity index (χ2n) is 12.5. The molecule has 0 spiro atoms. The van der Waals surface area contributed by atoms with E-state index in [2.05, 4.69) is 28.6 Å².